The van der Waals surface area contributed by atoms with Crippen LogP contribution in [-0.2, 0) is 11.3 Å². The topological polar surface area (TPSA) is 38.7 Å². The van der Waals surface area contributed by atoms with Crippen molar-refractivity contribution in [3.05, 3.63) is 64.5 Å². The fourth-order valence-corrected chi connectivity index (χ4v) is 3.03. The number of aliphatic hydroxyl groups is 1. The van der Waals surface area contributed by atoms with Crippen LogP contribution in [0.2, 0.25) is 0 Å². The van der Waals surface area contributed by atoms with Crippen LogP contribution in [-0.4, -0.2) is 24.9 Å². The standard InChI is InChI=1S/C21H19F3O3/c1-26-19-9-6-14(10-18(19)22)16-5-8-17(27-12-16)7-4-13-2-3-15(11-25)21(24)20(13)23/h2-3,6,9-10,16-17,25H,5,8,11-12H2,1H3. The maximum Gasteiger partial charge on any atom is 0.174 e. The van der Waals surface area contributed by atoms with Gasteiger partial charge < -0.3 is 14.6 Å². The smallest absolute Gasteiger partial charge is 0.174 e. The van der Waals surface area contributed by atoms with Crippen molar-refractivity contribution in [3.63, 3.8) is 0 Å². The number of ether oxygens (including phenoxy) is 2. The molecule has 3 nitrogen and oxygen atoms in total. The second-order valence-corrected chi connectivity index (χ2v) is 6.32. The molecule has 0 spiro atoms. The molecule has 0 aliphatic carbocycles. The van der Waals surface area contributed by atoms with Crippen molar-refractivity contribution in [3.8, 4) is 17.6 Å². The van der Waals surface area contributed by atoms with Crippen molar-refractivity contribution < 1.29 is 27.8 Å². The molecule has 0 amide bonds. The average molecular weight is 376 g/mol. The Kier molecular flexibility index (Phi) is 6.04. The van der Waals surface area contributed by atoms with E-state index >= 15 is 0 Å². The van der Waals surface area contributed by atoms with Crippen molar-refractivity contribution in [1.29, 1.82) is 0 Å². The van der Waals surface area contributed by atoms with Gasteiger partial charge in [-0.3, -0.25) is 0 Å². The van der Waals surface area contributed by atoms with Crippen LogP contribution in [0, 0.1) is 29.3 Å². The summed E-state index contributed by atoms with van der Waals surface area (Å²) in [6, 6.07) is 7.48. The van der Waals surface area contributed by atoms with E-state index in [0.29, 0.717) is 13.0 Å². The van der Waals surface area contributed by atoms with Gasteiger partial charge in [-0.1, -0.05) is 24.0 Å². The van der Waals surface area contributed by atoms with Crippen molar-refractivity contribution in [2.45, 2.75) is 31.5 Å². The highest BCUT2D eigenvalue weighted by Crippen LogP contribution is 2.30. The first-order valence-electron chi connectivity index (χ1n) is 8.57. The van der Waals surface area contributed by atoms with Crippen LogP contribution in [0.4, 0.5) is 13.2 Å². The summed E-state index contributed by atoms with van der Waals surface area (Å²) in [6.45, 7) is -0.207. The third-order valence-electron chi connectivity index (χ3n) is 4.62. The molecule has 0 bridgehead atoms. The minimum Gasteiger partial charge on any atom is -0.494 e. The Morgan fingerprint density at radius 2 is 1.96 bits per heavy atom. The van der Waals surface area contributed by atoms with E-state index in [-0.39, 0.29) is 22.8 Å². The van der Waals surface area contributed by atoms with E-state index in [1.54, 1.807) is 6.07 Å². The van der Waals surface area contributed by atoms with Crippen molar-refractivity contribution in [1.82, 2.24) is 0 Å². The second-order valence-electron chi connectivity index (χ2n) is 6.32. The summed E-state index contributed by atoms with van der Waals surface area (Å²) in [5.74, 6) is 3.08. The predicted octanol–water partition coefficient (Wildman–Crippen LogP) is 3.92. The summed E-state index contributed by atoms with van der Waals surface area (Å²) >= 11 is 0. The van der Waals surface area contributed by atoms with Gasteiger partial charge in [-0.15, -0.1) is 0 Å². The van der Waals surface area contributed by atoms with Gasteiger partial charge in [0.1, 0.15) is 6.10 Å². The van der Waals surface area contributed by atoms with E-state index in [1.807, 2.05) is 6.07 Å². The number of hydrogen-bond donors (Lipinski definition) is 1. The summed E-state index contributed by atoms with van der Waals surface area (Å²) in [5.41, 5.74) is 0.640. The third kappa shape index (κ3) is 4.26. The molecule has 2 aromatic carbocycles. The lowest BCUT2D eigenvalue weighted by Gasteiger charge is -2.26. The molecule has 2 aromatic rings. The summed E-state index contributed by atoms with van der Waals surface area (Å²) in [7, 11) is 1.41. The molecule has 2 atom stereocenters. The Hall–Kier alpha value is -2.49. The van der Waals surface area contributed by atoms with Gasteiger partial charge in [0.25, 0.3) is 0 Å². The van der Waals surface area contributed by atoms with Crippen LogP contribution in [0.3, 0.4) is 0 Å². The average Bonchev–Trinajstić information content (AvgIpc) is 2.69. The SMILES string of the molecule is COc1ccc(C2CCC(C#Cc3ccc(CO)c(F)c3F)OC2)cc1F. The highest BCUT2D eigenvalue weighted by molar-refractivity contribution is 5.39. The van der Waals surface area contributed by atoms with Gasteiger partial charge in [0.2, 0.25) is 0 Å². The lowest BCUT2D eigenvalue weighted by Crippen LogP contribution is -2.23. The summed E-state index contributed by atoms with van der Waals surface area (Å²) in [4.78, 5) is 0. The van der Waals surface area contributed by atoms with Gasteiger partial charge in [0.15, 0.2) is 23.2 Å². The van der Waals surface area contributed by atoms with Crippen LogP contribution >= 0.6 is 0 Å². The molecule has 1 aliphatic heterocycles. The van der Waals surface area contributed by atoms with E-state index in [2.05, 4.69) is 11.8 Å². The van der Waals surface area contributed by atoms with Crippen LogP contribution in [0.25, 0.3) is 0 Å². The number of hydrogen-bond acceptors (Lipinski definition) is 3. The van der Waals surface area contributed by atoms with Gasteiger partial charge in [-0.05, 0) is 36.6 Å². The molecule has 1 aliphatic rings. The molecule has 6 heteroatoms. The summed E-state index contributed by atoms with van der Waals surface area (Å²) in [6.07, 6.45) is 0.944. The largest absolute Gasteiger partial charge is 0.494 e. The van der Waals surface area contributed by atoms with Crippen LogP contribution < -0.4 is 4.74 Å². The fourth-order valence-electron chi connectivity index (χ4n) is 3.03. The van der Waals surface area contributed by atoms with Crippen molar-refractivity contribution >= 4 is 0 Å². The first-order chi connectivity index (χ1) is 13.0. The molecular weight excluding hydrogens is 357 g/mol. The van der Waals surface area contributed by atoms with Gasteiger partial charge in [0, 0.05) is 11.5 Å². The molecule has 0 radical (unpaired) electrons. The lowest BCUT2D eigenvalue weighted by atomic mass is 9.91. The Bertz CT molecular complexity index is 878. The molecule has 142 valence electrons. The molecular formula is C21H19F3O3. The predicted molar refractivity (Wildman–Crippen MR) is 93.8 cm³/mol. The maximum atomic E-state index is 13.9. The zero-order valence-electron chi connectivity index (χ0n) is 14.8. The summed E-state index contributed by atoms with van der Waals surface area (Å²) < 4.78 is 52.0. The van der Waals surface area contributed by atoms with Gasteiger partial charge in [0.05, 0.1) is 25.9 Å². The molecule has 0 aromatic heterocycles. The van der Waals surface area contributed by atoms with E-state index in [0.717, 1.165) is 12.0 Å². The third-order valence-corrected chi connectivity index (χ3v) is 4.62. The molecule has 27 heavy (non-hydrogen) atoms. The number of aliphatic hydroxyl groups excluding tert-OH is 1. The quantitative estimate of drug-likeness (QED) is 0.826. The first kappa shape index (κ1) is 19.3. The summed E-state index contributed by atoms with van der Waals surface area (Å²) in [5, 5.41) is 8.94. The minimum absolute atomic E-state index is 0.0430. The van der Waals surface area contributed by atoms with E-state index in [9.17, 15) is 13.2 Å². The minimum atomic E-state index is -1.09. The number of methoxy groups -OCH3 is 1. The number of benzene rings is 2. The van der Waals surface area contributed by atoms with Crippen molar-refractivity contribution in [2.24, 2.45) is 0 Å². The Labute approximate surface area is 155 Å². The molecule has 1 fully saturated rings. The number of rotatable bonds is 3. The number of halogens is 3. The molecule has 2 unspecified atom stereocenters. The Morgan fingerprint density at radius 1 is 1.15 bits per heavy atom. The van der Waals surface area contributed by atoms with E-state index in [1.165, 1.54) is 25.3 Å². The maximum absolute atomic E-state index is 13.9. The van der Waals surface area contributed by atoms with Crippen molar-refractivity contribution in [2.75, 3.05) is 13.7 Å². The fraction of sp³-hybridized carbons (Fsp3) is 0.333. The molecule has 1 heterocycles. The Morgan fingerprint density at radius 3 is 2.59 bits per heavy atom. The molecule has 3 rings (SSSR count). The zero-order chi connectivity index (χ0) is 19.4. The molecule has 1 N–H and O–H groups in total. The van der Waals surface area contributed by atoms with E-state index < -0.39 is 30.2 Å². The van der Waals surface area contributed by atoms with Gasteiger partial charge >= 0.3 is 0 Å². The Balaban J connectivity index is 1.65. The van der Waals surface area contributed by atoms with Gasteiger partial charge in [-0.2, -0.15) is 0 Å². The van der Waals surface area contributed by atoms with Crippen LogP contribution in [0.5, 0.6) is 5.75 Å². The molecule has 0 saturated carbocycles. The molecule has 1 saturated heterocycles. The van der Waals surface area contributed by atoms with Gasteiger partial charge in [-0.25, -0.2) is 13.2 Å². The highest BCUT2D eigenvalue weighted by Gasteiger charge is 2.23. The monoisotopic (exact) mass is 376 g/mol. The highest BCUT2D eigenvalue weighted by atomic mass is 19.2. The van der Waals surface area contributed by atoms with Crippen LogP contribution in [0.15, 0.2) is 30.3 Å². The second kappa shape index (κ2) is 8.47. The van der Waals surface area contributed by atoms with E-state index in [4.69, 9.17) is 14.6 Å². The van der Waals surface area contributed by atoms with Crippen LogP contribution in [0.1, 0.15) is 35.4 Å². The lowest BCUT2D eigenvalue weighted by molar-refractivity contribution is 0.0383. The first-order valence-corrected chi connectivity index (χ1v) is 8.57. The normalized spacial score (nSPS) is 19.3. The zero-order valence-corrected chi connectivity index (χ0v) is 14.8.